The molecule has 0 unspecified atom stereocenters. The van der Waals surface area contributed by atoms with Gasteiger partial charge in [-0.15, -0.1) is 11.3 Å². The summed E-state index contributed by atoms with van der Waals surface area (Å²) in [4.78, 5) is 11.1. The maximum Gasteiger partial charge on any atom is 0.223 e. The SMILES string of the molecule is Cc1nc(CN(C)Cc2csc(-c3ccc(C(C)C)cc3)n2)no1. The third-order valence-electron chi connectivity index (χ3n) is 3.79. The van der Waals surface area contributed by atoms with Gasteiger partial charge in [-0.1, -0.05) is 43.3 Å². The highest BCUT2D eigenvalue weighted by molar-refractivity contribution is 7.13. The van der Waals surface area contributed by atoms with Gasteiger partial charge < -0.3 is 4.52 Å². The molecule has 5 nitrogen and oxygen atoms in total. The Bertz CT molecular complexity index is 791. The summed E-state index contributed by atoms with van der Waals surface area (Å²) in [5.41, 5.74) is 3.59. The molecule has 3 rings (SSSR count). The van der Waals surface area contributed by atoms with E-state index in [-0.39, 0.29) is 0 Å². The molecular formula is C18H22N4OS. The van der Waals surface area contributed by atoms with Crippen molar-refractivity contribution in [1.29, 1.82) is 0 Å². The van der Waals surface area contributed by atoms with Crippen molar-refractivity contribution in [1.82, 2.24) is 20.0 Å². The van der Waals surface area contributed by atoms with Crippen LogP contribution < -0.4 is 0 Å². The Morgan fingerprint density at radius 1 is 1.12 bits per heavy atom. The number of aromatic nitrogens is 3. The van der Waals surface area contributed by atoms with Crippen LogP contribution in [0.5, 0.6) is 0 Å². The predicted octanol–water partition coefficient (Wildman–Crippen LogP) is 4.26. The van der Waals surface area contributed by atoms with Crippen molar-refractivity contribution in [3.63, 3.8) is 0 Å². The molecule has 6 heteroatoms. The highest BCUT2D eigenvalue weighted by Gasteiger charge is 2.10. The lowest BCUT2D eigenvalue weighted by molar-refractivity contribution is 0.298. The monoisotopic (exact) mass is 342 g/mol. The summed E-state index contributed by atoms with van der Waals surface area (Å²) in [6.07, 6.45) is 0. The molecule has 0 aliphatic heterocycles. The minimum Gasteiger partial charge on any atom is -0.340 e. The summed E-state index contributed by atoms with van der Waals surface area (Å²) in [5, 5.41) is 7.10. The van der Waals surface area contributed by atoms with Gasteiger partial charge >= 0.3 is 0 Å². The van der Waals surface area contributed by atoms with Gasteiger partial charge in [0.25, 0.3) is 0 Å². The first-order chi connectivity index (χ1) is 11.5. The Morgan fingerprint density at radius 3 is 2.50 bits per heavy atom. The van der Waals surface area contributed by atoms with Crippen LogP contribution in [0.2, 0.25) is 0 Å². The number of nitrogens with zero attached hydrogens (tertiary/aromatic N) is 4. The normalized spacial score (nSPS) is 11.6. The van der Waals surface area contributed by atoms with Gasteiger partial charge in [0.1, 0.15) is 5.01 Å². The summed E-state index contributed by atoms with van der Waals surface area (Å²) in [5.74, 6) is 1.85. The molecule has 0 spiro atoms. The predicted molar refractivity (Wildman–Crippen MR) is 95.8 cm³/mol. The molecule has 0 saturated carbocycles. The largest absolute Gasteiger partial charge is 0.340 e. The number of hydrogen-bond acceptors (Lipinski definition) is 6. The Hall–Kier alpha value is -2.05. The van der Waals surface area contributed by atoms with Crippen molar-refractivity contribution >= 4 is 11.3 Å². The topological polar surface area (TPSA) is 55.1 Å². The minimum absolute atomic E-state index is 0.549. The van der Waals surface area contributed by atoms with E-state index in [0.29, 0.717) is 24.2 Å². The summed E-state index contributed by atoms with van der Waals surface area (Å²) in [7, 11) is 2.03. The number of benzene rings is 1. The molecule has 0 N–H and O–H groups in total. The maximum atomic E-state index is 5.00. The van der Waals surface area contributed by atoms with E-state index in [2.05, 4.69) is 58.5 Å². The quantitative estimate of drug-likeness (QED) is 0.670. The van der Waals surface area contributed by atoms with Crippen LogP contribution in [0.1, 0.15) is 42.7 Å². The number of rotatable bonds is 6. The Labute approximate surface area is 146 Å². The zero-order valence-electron chi connectivity index (χ0n) is 14.5. The molecule has 0 bridgehead atoms. The van der Waals surface area contributed by atoms with Gasteiger partial charge in [0.15, 0.2) is 5.82 Å². The average Bonchev–Trinajstić information content (AvgIpc) is 3.16. The third kappa shape index (κ3) is 4.07. The van der Waals surface area contributed by atoms with Crippen molar-refractivity contribution in [2.45, 2.75) is 39.8 Å². The van der Waals surface area contributed by atoms with Crippen molar-refractivity contribution in [2.24, 2.45) is 0 Å². The molecule has 0 aliphatic rings. The Balaban J connectivity index is 1.64. The minimum atomic E-state index is 0.549. The number of thiazole rings is 1. The van der Waals surface area contributed by atoms with Crippen LogP contribution in [0.4, 0.5) is 0 Å². The maximum absolute atomic E-state index is 5.00. The summed E-state index contributed by atoms with van der Waals surface area (Å²) in [6, 6.07) is 8.69. The summed E-state index contributed by atoms with van der Waals surface area (Å²) >= 11 is 1.68. The number of aryl methyl sites for hydroxylation is 1. The standard InChI is InChI=1S/C18H22N4OS/c1-12(2)14-5-7-15(8-6-14)18-20-16(11-24-18)9-22(4)10-17-19-13(3)23-21-17/h5-8,11-12H,9-10H2,1-4H3. The lowest BCUT2D eigenvalue weighted by atomic mass is 10.0. The highest BCUT2D eigenvalue weighted by atomic mass is 32.1. The van der Waals surface area contributed by atoms with E-state index in [1.54, 1.807) is 18.3 Å². The second kappa shape index (κ2) is 7.23. The summed E-state index contributed by atoms with van der Waals surface area (Å²) in [6.45, 7) is 7.62. The molecule has 0 amide bonds. The van der Waals surface area contributed by atoms with E-state index in [0.717, 1.165) is 17.2 Å². The Morgan fingerprint density at radius 2 is 1.88 bits per heavy atom. The fraction of sp³-hybridized carbons (Fsp3) is 0.389. The Kier molecular flexibility index (Phi) is 5.06. The molecule has 24 heavy (non-hydrogen) atoms. The van der Waals surface area contributed by atoms with Crippen LogP contribution in [-0.4, -0.2) is 27.1 Å². The first kappa shape index (κ1) is 16.8. The van der Waals surface area contributed by atoms with Crippen LogP contribution >= 0.6 is 11.3 Å². The first-order valence-corrected chi connectivity index (χ1v) is 8.91. The molecular weight excluding hydrogens is 320 g/mol. The number of hydrogen-bond donors (Lipinski definition) is 0. The van der Waals surface area contributed by atoms with E-state index in [1.165, 1.54) is 11.1 Å². The lowest BCUT2D eigenvalue weighted by Crippen LogP contribution is -2.18. The first-order valence-electron chi connectivity index (χ1n) is 8.03. The molecule has 3 aromatic rings. The van der Waals surface area contributed by atoms with Gasteiger partial charge in [-0.2, -0.15) is 4.98 Å². The molecule has 0 radical (unpaired) electrons. The molecule has 0 fully saturated rings. The van der Waals surface area contributed by atoms with Gasteiger partial charge in [0, 0.05) is 24.4 Å². The van der Waals surface area contributed by atoms with Gasteiger partial charge in [0.2, 0.25) is 5.89 Å². The van der Waals surface area contributed by atoms with Crippen LogP contribution in [0.15, 0.2) is 34.2 Å². The smallest absolute Gasteiger partial charge is 0.223 e. The van der Waals surface area contributed by atoms with Crippen LogP contribution in [0.3, 0.4) is 0 Å². The molecule has 0 atom stereocenters. The van der Waals surface area contributed by atoms with Crippen molar-refractivity contribution in [3.05, 3.63) is 52.6 Å². The lowest BCUT2D eigenvalue weighted by Gasteiger charge is -2.12. The van der Waals surface area contributed by atoms with Gasteiger partial charge in [-0.25, -0.2) is 4.98 Å². The van der Waals surface area contributed by atoms with E-state index < -0.39 is 0 Å². The molecule has 126 valence electrons. The molecule has 0 aliphatic carbocycles. The van der Waals surface area contributed by atoms with Crippen molar-refractivity contribution < 1.29 is 4.52 Å². The second-order valence-corrected chi connectivity index (χ2v) is 7.18. The molecule has 0 saturated heterocycles. The second-order valence-electron chi connectivity index (χ2n) is 6.32. The van der Waals surface area contributed by atoms with Gasteiger partial charge in [0.05, 0.1) is 12.2 Å². The van der Waals surface area contributed by atoms with E-state index in [9.17, 15) is 0 Å². The van der Waals surface area contributed by atoms with Crippen molar-refractivity contribution in [3.8, 4) is 10.6 Å². The van der Waals surface area contributed by atoms with E-state index in [1.807, 2.05) is 7.05 Å². The van der Waals surface area contributed by atoms with Gasteiger partial charge in [-0.05, 0) is 18.5 Å². The fourth-order valence-corrected chi connectivity index (χ4v) is 3.32. The van der Waals surface area contributed by atoms with Crippen LogP contribution in [-0.2, 0) is 13.1 Å². The molecule has 2 heterocycles. The summed E-state index contributed by atoms with van der Waals surface area (Å²) < 4.78 is 5.00. The van der Waals surface area contributed by atoms with Crippen molar-refractivity contribution in [2.75, 3.05) is 7.05 Å². The molecule has 2 aromatic heterocycles. The highest BCUT2D eigenvalue weighted by Crippen LogP contribution is 2.26. The van der Waals surface area contributed by atoms with Crippen LogP contribution in [0, 0.1) is 6.92 Å². The average molecular weight is 342 g/mol. The fourth-order valence-electron chi connectivity index (χ4n) is 2.50. The van der Waals surface area contributed by atoms with Crippen LogP contribution in [0.25, 0.3) is 10.6 Å². The zero-order chi connectivity index (χ0) is 17.1. The third-order valence-corrected chi connectivity index (χ3v) is 4.73. The zero-order valence-corrected chi connectivity index (χ0v) is 15.3. The van der Waals surface area contributed by atoms with Gasteiger partial charge in [-0.3, -0.25) is 4.90 Å². The van der Waals surface area contributed by atoms with E-state index in [4.69, 9.17) is 9.51 Å². The molecule has 1 aromatic carbocycles. The van der Waals surface area contributed by atoms with E-state index >= 15 is 0 Å².